The highest BCUT2D eigenvalue weighted by Crippen LogP contribution is 2.43. The molecule has 0 unspecified atom stereocenters. The fourth-order valence-electron chi connectivity index (χ4n) is 5.88. The van der Waals surface area contributed by atoms with E-state index >= 15 is 0 Å². The lowest BCUT2D eigenvalue weighted by Crippen LogP contribution is -2.36. The van der Waals surface area contributed by atoms with E-state index in [0.29, 0.717) is 18.9 Å². The van der Waals surface area contributed by atoms with Gasteiger partial charge in [0.05, 0.1) is 22.4 Å². The molecule has 3 aromatic heterocycles. The molecule has 0 aromatic carbocycles. The normalized spacial score (nSPS) is 19.4. The number of amides is 1. The van der Waals surface area contributed by atoms with Crippen LogP contribution < -0.4 is 15.5 Å². The molecular weight excluding hydrogens is 539 g/mol. The Morgan fingerprint density at radius 2 is 1.85 bits per heavy atom. The number of anilines is 3. The minimum atomic E-state index is -4.70. The summed E-state index contributed by atoms with van der Waals surface area (Å²) in [5, 5.41) is 9.45. The third-order valence-electron chi connectivity index (χ3n) is 8.20. The molecule has 0 saturated carbocycles. The summed E-state index contributed by atoms with van der Waals surface area (Å²) in [7, 11) is 0. The van der Waals surface area contributed by atoms with Crippen molar-refractivity contribution in [2.24, 2.45) is 0 Å². The zero-order chi connectivity index (χ0) is 28.8. The molecule has 3 aliphatic heterocycles. The van der Waals surface area contributed by atoms with E-state index in [1.54, 1.807) is 6.07 Å². The van der Waals surface area contributed by atoms with Crippen LogP contribution in [0.25, 0.3) is 11.6 Å². The second-order valence-corrected chi connectivity index (χ2v) is 11.3. The summed E-state index contributed by atoms with van der Waals surface area (Å²) in [6.07, 6.45) is 0.645. The van der Waals surface area contributed by atoms with Gasteiger partial charge in [0, 0.05) is 32.1 Å². The summed E-state index contributed by atoms with van der Waals surface area (Å²) < 4.78 is 44.2. The van der Waals surface area contributed by atoms with Gasteiger partial charge in [-0.1, -0.05) is 5.16 Å². The fourth-order valence-corrected chi connectivity index (χ4v) is 5.88. The Bertz CT molecular complexity index is 1430. The molecule has 3 aliphatic rings. The number of likely N-dealkylation sites (tertiary alicyclic amines) is 1. The van der Waals surface area contributed by atoms with Gasteiger partial charge in [-0.05, 0) is 64.8 Å². The standard InChI is InChI=1S/C27H32F3N9O2/c1-26(2)19-21(35-25(26)40)32-15-33-22(19)39-12-7-16(8-13-39)20-17(31-9-14-38-10-3-4-11-38)5-6-18(34-20)23-36-24(37-41-23)27(28,29)30/h5-6,15-16,31H,3-4,7-14H2,1-2H3,(H,32,33,35,40). The van der Waals surface area contributed by atoms with Crippen LogP contribution in [0, 0.1) is 0 Å². The largest absolute Gasteiger partial charge is 0.455 e. The molecule has 6 rings (SSSR count). The van der Waals surface area contributed by atoms with Gasteiger partial charge in [-0.15, -0.1) is 0 Å². The number of piperidine rings is 1. The number of hydrogen-bond acceptors (Lipinski definition) is 10. The monoisotopic (exact) mass is 571 g/mol. The lowest BCUT2D eigenvalue weighted by Gasteiger charge is -2.35. The Morgan fingerprint density at radius 3 is 2.56 bits per heavy atom. The van der Waals surface area contributed by atoms with Gasteiger partial charge in [-0.25, -0.2) is 15.0 Å². The highest BCUT2D eigenvalue weighted by molar-refractivity contribution is 6.06. The number of aromatic nitrogens is 5. The molecule has 0 bridgehead atoms. The first kappa shape index (κ1) is 27.4. The molecule has 3 aromatic rings. The van der Waals surface area contributed by atoms with E-state index in [1.807, 2.05) is 19.9 Å². The van der Waals surface area contributed by atoms with E-state index in [-0.39, 0.29) is 23.4 Å². The van der Waals surface area contributed by atoms with E-state index in [9.17, 15) is 18.0 Å². The molecule has 2 fully saturated rings. The predicted molar refractivity (Wildman–Crippen MR) is 145 cm³/mol. The number of pyridine rings is 1. The first-order valence-electron chi connectivity index (χ1n) is 13.9. The average Bonchev–Trinajstić information content (AvgIpc) is 3.70. The maximum atomic E-state index is 13.1. The Labute approximate surface area is 234 Å². The van der Waals surface area contributed by atoms with Crippen LogP contribution in [0.15, 0.2) is 23.0 Å². The molecule has 0 spiro atoms. The summed E-state index contributed by atoms with van der Waals surface area (Å²) in [6.45, 7) is 8.87. The van der Waals surface area contributed by atoms with E-state index in [4.69, 9.17) is 9.51 Å². The number of halogens is 3. The highest BCUT2D eigenvalue weighted by atomic mass is 19.4. The second kappa shape index (κ2) is 10.5. The minimum Gasteiger partial charge on any atom is -0.382 e. The molecule has 41 heavy (non-hydrogen) atoms. The van der Waals surface area contributed by atoms with Gasteiger partial charge in [-0.3, -0.25) is 4.79 Å². The Morgan fingerprint density at radius 1 is 1.10 bits per heavy atom. The molecule has 2 saturated heterocycles. The van der Waals surface area contributed by atoms with Crippen molar-refractivity contribution in [3.8, 4) is 11.6 Å². The number of nitrogens with zero attached hydrogens (tertiary/aromatic N) is 7. The summed E-state index contributed by atoms with van der Waals surface area (Å²) in [6, 6.07) is 3.45. The van der Waals surface area contributed by atoms with Crippen LogP contribution >= 0.6 is 0 Å². The van der Waals surface area contributed by atoms with Gasteiger partial charge in [-0.2, -0.15) is 18.2 Å². The van der Waals surface area contributed by atoms with Gasteiger partial charge < -0.3 is 25.0 Å². The van der Waals surface area contributed by atoms with Crippen molar-refractivity contribution in [1.29, 1.82) is 0 Å². The summed E-state index contributed by atoms with van der Waals surface area (Å²) in [5.41, 5.74) is 1.87. The number of alkyl halides is 3. The first-order chi connectivity index (χ1) is 19.6. The SMILES string of the molecule is CC1(C)C(=O)Nc2ncnc(N3CCC(c4nc(-c5nc(C(F)(F)F)no5)ccc4NCCN4CCCC4)CC3)c21. The van der Waals surface area contributed by atoms with E-state index in [2.05, 4.69) is 40.5 Å². The Kier molecular flexibility index (Phi) is 7.04. The van der Waals surface area contributed by atoms with Gasteiger partial charge in [0.25, 0.3) is 11.7 Å². The van der Waals surface area contributed by atoms with Crippen molar-refractivity contribution < 1.29 is 22.5 Å². The zero-order valence-electron chi connectivity index (χ0n) is 23.0. The number of rotatable bonds is 7. The van der Waals surface area contributed by atoms with Crippen LogP contribution in [0.2, 0.25) is 0 Å². The molecule has 0 atom stereocenters. The Hall–Kier alpha value is -3.81. The van der Waals surface area contributed by atoms with Crippen molar-refractivity contribution in [2.75, 3.05) is 54.8 Å². The quantitative estimate of drug-likeness (QED) is 0.429. The maximum absolute atomic E-state index is 13.1. The average molecular weight is 572 g/mol. The molecule has 2 N–H and O–H groups in total. The van der Waals surface area contributed by atoms with E-state index < -0.39 is 17.4 Å². The van der Waals surface area contributed by atoms with Crippen molar-refractivity contribution in [3.05, 3.63) is 35.5 Å². The molecule has 218 valence electrons. The van der Waals surface area contributed by atoms with Gasteiger partial charge in [0.1, 0.15) is 23.7 Å². The van der Waals surface area contributed by atoms with Crippen molar-refractivity contribution in [2.45, 2.75) is 57.0 Å². The summed E-state index contributed by atoms with van der Waals surface area (Å²) in [5.74, 6) is -0.379. The number of hydrogen-bond donors (Lipinski definition) is 2. The van der Waals surface area contributed by atoms with Crippen LogP contribution in [0.4, 0.5) is 30.5 Å². The lowest BCUT2D eigenvalue weighted by atomic mass is 9.86. The zero-order valence-corrected chi connectivity index (χ0v) is 23.0. The smallest absolute Gasteiger partial charge is 0.382 e. The predicted octanol–water partition coefficient (Wildman–Crippen LogP) is 4.06. The summed E-state index contributed by atoms with van der Waals surface area (Å²) >= 11 is 0. The number of carbonyl (C=O) groups excluding carboxylic acids is 1. The van der Waals surface area contributed by atoms with Crippen molar-refractivity contribution >= 4 is 23.2 Å². The molecular formula is C27H32F3N9O2. The van der Waals surface area contributed by atoms with Crippen LogP contribution in [0.5, 0.6) is 0 Å². The van der Waals surface area contributed by atoms with Gasteiger partial charge in [0.2, 0.25) is 5.91 Å². The third-order valence-corrected chi connectivity index (χ3v) is 8.20. The molecule has 6 heterocycles. The van der Waals surface area contributed by atoms with Crippen LogP contribution in [-0.2, 0) is 16.4 Å². The highest BCUT2D eigenvalue weighted by Gasteiger charge is 2.43. The number of fused-ring (bicyclic) bond motifs is 1. The van der Waals surface area contributed by atoms with Crippen LogP contribution in [0.3, 0.4) is 0 Å². The molecule has 11 nitrogen and oxygen atoms in total. The molecule has 14 heteroatoms. The Balaban J connectivity index is 1.24. The van der Waals surface area contributed by atoms with Crippen LogP contribution in [-0.4, -0.2) is 75.2 Å². The lowest BCUT2D eigenvalue weighted by molar-refractivity contribution is -0.146. The maximum Gasteiger partial charge on any atom is 0.455 e. The van der Waals surface area contributed by atoms with E-state index in [0.717, 1.165) is 61.8 Å². The minimum absolute atomic E-state index is 0.0353. The second-order valence-electron chi connectivity index (χ2n) is 11.3. The number of carbonyl (C=O) groups is 1. The molecule has 0 radical (unpaired) electrons. The third kappa shape index (κ3) is 5.32. The number of nitrogens with one attached hydrogen (secondary N) is 2. The van der Waals surface area contributed by atoms with Crippen LogP contribution in [0.1, 0.15) is 62.5 Å². The van der Waals surface area contributed by atoms with Gasteiger partial charge >= 0.3 is 6.18 Å². The van der Waals surface area contributed by atoms with Gasteiger partial charge in [0.15, 0.2) is 0 Å². The molecule has 1 amide bonds. The van der Waals surface area contributed by atoms with Crippen molar-refractivity contribution in [1.82, 2.24) is 30.0 Å². The fraction of sp³-hybridized carbons (Fsp3) is 0.556. The van der Waals surface area contributed by atoms with Crippen molar-refractivity contribution in [3.63, 3.8) is 0 Å². The molecule has 0 aliphatic carbocycles. The van der Waals surface area contributed by atoms with E-state index in [1.165, 1.54) is 19.2 Å². The summed E-state index contributed by atoms with van der Waals surface area (Å²) in [4.78, 5) is 34.2. The first-order valence-corrected chi connectivity index (χ1v) is 13.9. The topological polar surface area (TPSA) is 125 Å².